The van der Waals surface area contributed by atoms with Crippen LogP contribution in [-0.4, -0.2) is 20.8 Å². The number of hydrogen-bond acceptors (Lipinski definition) is 4. The minimum atomic E-state index is 0.598. The second-order valence-electron chi connectivity index (χ2n) is 4.94. The van der Waals surface area contributed by atoms with Gasteiger partial charge in [0.25, 0.3) is 0 Å². The van der Waals surface area contributed by atoms with Crippen molar-refractivity contribution in [2.45, 2.75) is 20.4 Å². The summed E-state index contributed by atoms with van der Waals surface area (Å²) in [5.41, 5.74) is 3.19. The molecule has 0 saturated heterocycles. The number of hydrogen-bond donors (Lipinski definition) is 1. The molecule has 0 spiro atoms. The Kier molecular flexibility index (Phi) is 5.53. The van der Waals surface area contributed by atoms with Crippen molar-refractivity contribution in [1.29, 1.82) is 0 Å². The predicted molar refractivity (Wildman–Crippen MR) is 89.2 cm³/mol. The second-order valence-corrected chi connectivity index (χ2v) is 4.94. The molecular weight excluding hydrogens is 278 g/mol. The highest BCUT2D eigenvalue weighted by molar-refractivity contribution is 5.59. The molecule has 0 saturated carbocycles. The van der Waals surface area contributed by atoms with E-state index in [-0.39, 0.29) is 0 Å². The van der Waals surface area contributed by atoms with Gasteiger partial charge in [0.15, 0.2) is 11.5 Å². The van der Waals surface area contributed by atoms with Gasteiger partial charge in [0.2, 0.25) is 0 Å². The molecule has 4 heteroatoms. The lowest BCUT2D eigenvalue weighted by Gasteiger charge is -2.16. The quantitative estimate of drug-likeness (QED) is 0.838. The molecule has 0 bridgehead atoms. The largest absolute Gasteiger partial charge is 0.495 e. The molecule has 0 fully saturated rings. The number of nitrogens with one attached hydrogen (secondary N) is 1. The smallest absolute Gasteiger partial charge is 0.166 e. The van der Waals surface area contributed by atoms with Gasteiger partial charge >= 0.3 is 0 Å². The Morgan fingerprint density at radius 3 is 2.45 bits per heavy atom. The van der Waals surface area contributed by atoms with Crippen LogP contribution in [0.15, 0.2) is 36.4 Å². The molecule has 0 heterocycles. The van der Waals surface area contributed by atoms with Gasteiger partial charge in [0.05, 0.1) is 26.5 Å². The van der Waals surface area contributed by atoms with E-state index in [1.165, 1.54) is 5.56 Å². The zero-order valence-electron chi connectivity index (χ0n) is 13.6. The third-order valence-corrected chi connectivity index (χ3v) is 3.39. The van der Waals surface area contributed by atoms with E-state index in [9.17, 15) is 0 Å². The van der Waals surface area contributed by atoms with E-state index in [1.807, 2.05) is 37.3 Å². The molecule has 0 atom stereocenters. The lowest BCUT2D eigenvalue weighted by Crippen LogP contribution is -2.05. The summed E-state index contributed by atoms with van der Waals surface area (Å²) in [5.74, 6) is 2.36. The summed E-state index contributed by atoms with van der Waals surface area (Å²) in [7, 11) is 3.33. The lowest BCUT2D eigenvalue weighted by atomic mass is 10.1. The van der Waals surface area contributed by atoms with Gasteiger partial charge in [-0.25, -0.2) is 0 Å². The molecule has 0 radical (unpaired) electrons. The van der Waals surface area contributed by atoms with Gasteiger partial charge < -0.3 is 19.5 Å². The maximum atomic E-state index is 5.73. The molecule has 0 aliphatic rings. The Morgan fingerprint density at radius 2 is 1.77 bits per heavy atom. The van der Waals surface area contributed by atoms with Crippen molar-refractivity contribution >= 4 is 5.69 Å². The van der Waals surface area contributed by atoms with Crippen LogP contribution in [0.2, 0.25) is 0 Å². The van der Waals surface area contributed by atoms with Crippen LogP contribution in [0.4, 0.5) is 5.69 Å². The van der Waals surface area contributed by atoms with Crippen LogP contribution in [-0.2, 0) is 6.54 Å². The first-order valence-electron chi connectivity index (χ1n) is 7.36. The first-order valence-corrected chi connectivity index (χ1v) is 7.36. The first-order chi connectivity index (χ1) is 10.7. The maximum absolute atomic E-state index is 5.73. The van der Waals surface area contributed by atoms with Crippen LogP contribution in [0.25, 0.3) is 0 Å². The summed E-state index contributed by atoms with van der Waals surface area (Å²) in [6, 6.07) is 12.0. The predicted octanol–water partition coefficient (Wildman–Crippen LogP) is 4.02. The van der Waals surface area contributed by atoms with Gasteiger partial charge in [-0.3, -0.25) is 0 Å². The highest BCUT2D eigenvalue weighted by Crippen LogP contribution is 2.32. The highest BCUT2D eigenvalue weighted by atomic mass is 16.5. The summed E-state index contributed by atoms with van der Waals surface area (Å²) >= 11 is 0. The Bertz CT molecular complexity index is 626. The third kappa shape index (κ3) is 3.64. The molecule has 4 nitrogen and oxygen atoms in total. The minimum Gasteiger partial charge on any atom is -0.495 e. The SMILES string of the molecule is CCOc1c(CNc2cc(C)ccc2OC)cccc1OC. The van der Waals surface area contributed by atoms with Gasteiger partial charge in [0.1, 0.15) is 5.75 Å². The maximum Gasteiger partial charge on any atom is 0.166 e. The van der Waals surface area contributed by atoms with Gasteiger partial charge in [-0.15, -0.1) is 0 Å². The van der Waals surface area contributed by atoms with Crippen molar-refractivity contribution in [3.05, 3.63) is 47.5 Å². The van der Waals surface area contributed by atoms with Crippen molar-refractivity contribution < 1.29 is 14.2 Å². The van der Waals surface area contributed by atoms with Crippen molar-refractivity contribution in [3.8, 4) is 17.2 Å². The number of aryl methyl sites for hydroxylation is 1. The second kappa shape index (κ2) is 7.59. The molecule has 1 N–H and O–H groups in total. The van der Waals surface area contributed by atoms with Crippen LogP contribution >= 0.6 is 0 Å². The molecule has 0 aliphatic heterocycles. The summed E-state index contributed by atoms with van der Waals surface area (Å²) in [6.45, 7) is 5.25. The summed E-state index contributed by atoms with van der Waals surface area (Å²) < 4.78 is 16.5. The van der Waals surface area contributed by atoms with Crippen LogP contribution in [0.3, 0.4) is 0 Å². The van der Waals surface area contributed by atoms with Gasteiger partial charge in [-0.2, -0.15) is 0 Å². The van der Waals surface area contributed by atoms with Crippen LogP contribution < -0.4 is 19.5 Å². The van der Waals surface area contributed by atoms with E-state index in [0.29, 0.717) is 13.2 Å². The fraction of sp³-hybridized carbons (Fsp3) is 0.333. The Balaban J connectivity index is 2.23. The Labute approximate surface area is 132 Å². The van der Waals surface area contributed by atoms with Gasteiger partial charge in [0, 0.05) is 12.1 Å². The van der Waals surface area contributed by atoms with Crippen LogP contribution in [0.1, 0.15) is 18.1 Å². The molecule has 0 unspecified atom stereocenters. The van der Waals surface area contributed by atoms with Crippen molar-refractivity contribution in [3.63, 3.8) is 0 Å². The van der Waals surface area contributed by atoms with Gasteiger partial charge in [-0.1, -0.05) is 18.2 Å². The molecular formula is C18H23NO3. The number of anilines is 1. The van der Waals surface area contributed by atoms with Crippen molar-refractivity contribution in [1.82, 2.24) is 0 Å². The van der Waals surface area contributed by atoms with E-state index < -0.39 is 0 Å². The Hall–Kier alpha value is -2.36. The molecule has 2 aromatic rings. The average Bonchev–Trinajstić information content (AvgIpc) is 2.54. The van der Waals surface area contributed by atoms with Gasteiger partial charge in [-0.05, 0) is 37.6 Å². The number of benzene rings is 2. The summed E-state index contributed by atoms with van der Waals surface area (Å²) in [4.78, 5) is 0. The first kappa shape index (κ1) is 16.0. The van der Waals surface area contributed by atoms with Crippen molar-refractivity contribution in [2.75, 3.05) is 26.1 Å². The number of methoxy groups -OCH3 is 2. The summed E-state index contributed by atoms with van der Waals surface area (Å²) in [6.07, 6.45) is 0. The molecule has 118 valence electrons. The van der Waals surface area contributed by atoms with Crippen molar-refractivity contribution in [2.24, 2.45) is 0 Å². The highest BCUT2D eigenvalue weighted by Gasteiger charge is 2.11. The molecule has 2 rings (SSSR count). The average molecular weight is 301 g/mol. The minimum absolute atomic E-state index is 0.598. The fourth-order valence-corrected chi connectivity index (χ4v) is 2.32. The van der Waals surface area contributed by atoms with E-state index in [0.717, 1.165) is 28.5 Å². The van der Waals surface area contributed by atoms with E-state index >= 15 is 0 Å². The zero-order chi connectivity index (χ0) is 15.9. The van der Waals surface area contributed by atoms with E-state index in [1.54, 1.807) is 14.2 Å². The van der Waals surface area contributed by atoms with E-state index in [2.05, 4.69) is 18.3 Å². The zero-order valence-corrected chi connectivity index (χ0v) is 13.6. The standard InChI is InChI=1S/C18H23NO3/c1-5-22-18-14(7-6-8-17(18)21-4)12-19-15-11-13(2)9-10-16(15)20-3/h6-11,19H,5,12H2,1-4H3. The number of rotatable bonds is 7. The van der Waals surface area contributed by atoms with Crippen LogP contribution in [0.5, 0.6) is 17.2 Å². The summed E-state index contributed by atoms with van der Waals surface area (Å²) in [5, 5.41) is 3.41. The molecule has 22 heavy (non-hydrogen) atoms. The monoisotopic (exact) mass is 301 g/mol. The molecule has 0 aliphatic carbocycles. The normalized spacial score (nSPS) is 10.2. The number of para-hydroxylation sites is 1. The topological polar surface area (TPSA) is 39.7 Å². The van der Waals surface area contributed by atoms with E-state index in [4.69, 9.17) is 14.2 Å². The van der Waals surface area contributed by atoms with Crippen LogP contribution in [0, 0.1) is 6.92 Å². The molecule has 0 aromatic heterocycles. The fourth-order valence-electron chi connectivity index (χ4n) is 2.32. The third-order valence-electron chi connectivity index (χ3n) is 3.39. The molecule has 2 aromatic carbocycles. The molecule has 0 amide bonds. The lowest BCUT2D eigenvalue weighted by molar-refractivity contribution is 0.308. The number of ether oxygens (including phenoxy) is 3. The Morgan fingerprint density at radius 1 is 1.00 bits per heavy atom.